The molecule has 1 nitrogen and oxygen atoms in total. The third kappa shape index (κ3) is 1.72. The highest BCUT2D eigenvalue weighted by atomic mass is 16.3. The molecule has 0 rings (SSSR count). The van der Waals surface area contributed by atoms with E-state index in [0.717, 1.165) is 6.42 Å². The lowest BCUT2D eigenvalue weighted by molar-refractivity contribution is 0.0289. The Morgan fingerprint density at radius 1 is 1.10 bits per heavy atom. The van der Waals surface area contributed by atoms with Crippen LogP contribution in [0.15, 0.2) is 0 Å². The van der Waals surface area contributed by atoms with Gasteiger partial charge in [-0.15, -0.1) is 0 Å². The molecule has 0 fully saturated rings. The summed E-state index contributed by atoms with van der Waals surface area (Å²) in [5, 5.41) is 9.12. The van der Waals surface area contributed by atoms with Gasteiger partial charge in [-0.3, -0.25) is 0 Å². The maximum atomic E-state index is 9.12. The van der Waals surface area contributed by atoms with Gasteiger partial charge in [0.15, 0.2) is 0 Å². The van der Waals surface area contributed by atoms with Gasteiger partial charge in [-0.25, -0.2) is 0 Å². The fourth-order valence-corrected chi connectivity index (χ4v) is 0.879. The quantitative estimate of drug-likeness (QED) is 0.631. The first-order valence-corrected chi connectivity index (χ1v) is 3.98. The maximum Gasteiger partial charge on any atom is 0.0489 e. The lowest BCUT2D eigenvalue weighted by Gasteiger charge is -2.39. The van der Waals surface area contributed by atoms with Crippen molar-refractivity contribution in [3.05, 3.63) is 0 Å². The van der Waals surface area contributed by atoms with E-state index in [1.807, 2.05) is 0 Å². The van der Waals surface area contributed by atoms with Gasteiger partial charge in [-0.05, 0) is 17.3 Å². The van der Waals surface area contributed by atoms with Crippen LogP contribution >= 0.6 is 0 Å². The van der Waals surface area contributed by atoms with Gasteiger partial charge < -0.3 is 5.11 Å². The SMILES string of the molecule is CCC(C)(CO)C(C)(C)C. The molecule has 0 heterocycles. The Kier molecular flexibility index (Phi) is 2.90. The molecule has 0 bridgehead atoms. The van der Waals surface area contributed by atoms with Crippen LogP contribution in [0, 0.1) is 10.8 Å². The monoisotopic (exact) mass is 144 g/mol. The average molecular weight is 144 g/mol. The average Bonchev–Trinajstić information content (AvgIpc) is 1.84. The van der Waals surface area contributed by atoms with Crippen LogP contribution in [-0.2, 0) is 0 Å². The van der Waals surface area contributed by atoms with Crippen LogP contribution in [0.3, 0.4) is 0 Å². The Hall–Kier alpha value is -0.0400. The van der Waals surface area contributed by atoms with Crippen molar-refractivity contribution in [1.29, 1.82) is 0 Å². The van der Waals surface area contributed by atoms with Gasteiger partial charge in [0.2, 0.25) is 0 Å². The first-order chi connectivity index (χ1) is 4.37. The molecule has 0 saturated heterocycles. The van der Waals surface area contributed by atoms with E-state index in [4.69, 9.17) is 5.11 Å². The van der Waals surface area contributed by atoms with Crippen molar-refractivity contribution in [3.63, 3.8) is 0 Å². The van der Waals surface area contributed by atoms with E-state index >= 15 is 0 Å². The second kappa shape index (κ2) is 2.91. The van der Waals surface area contributed by atoms with Gasteiger partial charge in [0.05, 0.1) is 0 Å². The van der Waals surface area contributed by atoms with Crippen molar-refractivity contribution in [2.75, 3.05) is 6.61 Å². The van der Waals surface area contributed by atoms with Gasteiger partial charge in [-0.2, -0.15) is 0 Å². The number of aliphatic hydroxyl groups excluding tert-OH is 1. The summed E-state index contributed by atoms with van der Waals surface area (Å²) in [6.07, 6.45) is 1.03. The zero-order chi connectivity index (χ0) is 8.41. The van der Waals surface area contributed by atoms with Crippen LogP contribution in [0.5, 0.6) is 0 Å². The molecule has 62 valence electrons. The van der Waals surface area contributed by atoms with E-state index < -0.39 is 0 Å². The summed E-state index contributed by atoms with van der Waals surface area (Å²) in [6, 6.07) is 0. The number of rotatable bonds is 2. The van der Waals surface area contributed by atoms with Gasteiger partial charge in [0, 0.05) is 6.61 Å². The van der Waals surface area contributed by atoms with Gasteiger partial charge in [-0.1, -0.05) is 34.6 Å². The molecule has 0 radical (unpaired) electrons. The molecular formula is C9H20O. The number of hydrogen-bond acceptors (Lipinski definition) is 1. The Labute approximate surface area is 64.5 Å². The second-order valence-corrected chi connectivity index (χ2v) is 4.32. The highest BCUT2D eigenvalue weighted by Crippen LogP contribution is 2.40. The van der Waals surface area contributed by atoms with E-state index in [1.54, 1.807) is 0 Å². The van der Waals surface area contributed by atoms with Gasteiger partial charge in [0.25, 0.3) is 0 Å². The summed E-state index contributed by atoms with van der Waals surface area (Å²) in [5.74, 6) is 0. The predicted molar refractivity (Wildman–Crippen MR) is 44.9 cm³/mol. The molecule has 0 saturated carbocycles. The minimum atomic E-state index is 0.0764. The van der Waals surface area contributed by atoms with Crippen LogP contribution in [-0.4, -0.2) is 11.7 Å². The molecular weight excluding hydrogens is 124 g/mol. The van der Waals surface area contributed by atoms with Gasteiger partial charge in [0.1, 0.15) is 0 Å². The molecule has 0 aromatic rings. The fraction of sp³-hybridized carbons (Fsp3) is 1.00. The smallest absolute Gasteiger partial charge is 0.0489 e. The van der Waals surface area contributed by atoms with Crippen molar-refractivity contribution in [2.45, 2.75) is 41.0 Å². The third-order valence-corrected chi connectivity index (χ3v) is 2.94. The van der Waals surface area contributed by atoms with Crippen LogP contribution in [0.2, 0.25) is 0 Å². The topological polar surface area (TPSA) is 20.2 Å². The summed E-state index contributed by atoms with van der Waals surface area (Å²) in [5.41, 5.74) is 0.281. The summed E-state index contributed by atoms with van der Waals surface area (Å²) < 4.78 is 0. The zero-order valence-corrected chi connectivity index (χ0v) is 7.86. The zero-order valence-electron chi connectivity index (χ0n) is 7.86. The molecule has 0 aliphatic rings. The summed E-state index contributed by atoms with van der Waals surface area (Å²) in [7, 11) is 0. The largest absolute Gasteiger partial charge is 0.396 e. The molecule has 0 amide bonds. The van der Waals surface area contributed by atoms with E-state index in [2.05, 4.69) is 34.6 Å². The van der Waals surface area contributed by atoms with Crippen LogP contribution < -0.4 is 0 Å². The minimum absolute atomic E-state index is 0.0764. The minimum Gasteiger partial charge on any atom is -0.396 e. The molecule has 1 heteroatoms. The number of hydrogen-bond donors (Lipinski definition) is 1. The first kappa shape index (κ1) is 9.96. The van der Waals surface area contributed by atoms with E-state index in [0.29, 0.717) is 0 Å². The van der Waals surface area contributed by atoms with Gasteiger partial charge >= 0.3 is 0 Å². The Bertz CT molecular complexity index is 95.8. The molecule has 1 unspecified atom stereocenters. The summed E-state index contributed by atoms with van der Waals surface area (Å²) >= 11 is 0. The highest BCUT2D eigenvalue weighted by Gasteiger charge is 2.34. The van der Waals surface area contributed by atoms with Crippen molar-refractivity contribution in [3.8, 4) is 0 Å². The fourth-order valence-electron chi connectivity index (χ4n) is 0.879. The predicted octanol–water partition coefficient (Wildman–Crippen LogP) is 2.44. The number of aliphatic hydroxyl groups is 1. The lowest BCUT2D eigenvalue weighted by atomic mass is 9.67. The molecule has 0 aromatic heterocycles. The molecule has 1 N–H and O–H groups in total. The van der Waals surface area contributed by atoms with Crippen LogP contribution in [0.25, 0.3) is 0 Å². The molecule has 0 aliphatic carbocycles. The van der Waals surface area contributed by atoms with E-state index in [9.17, 15) is 0 Å². The molecule has 1 atom stereocenters. The molecule has 0 aromatic carbocycles. The van der Waals surface area contributed by atoms with Crippen LogP contribution in [0.1, 0.15) is 41.0 Å². The molecule has 10 heavy (non-hydrogen) atoms. The van der Waals surface area contributed by atoms with Crippen molar-refractivity contribution in [2.24, 2.45) is 10.8 Å². The lowest BCUT2D eigenvalue weighted by Crippen LogP contribution is -2.35. The Morgan fingerprint density at radius 2 is 1.50 bits per heavy atom. The van der Waals surface area contributed by atoms with Crippen LogP contribution in [0.4, 0.5) is 0 Å². The standard InChI is InChI=1S/C9H20O/c1-6-9(5,7-10)8(2,3)4/h10H,6-7H2,1-5H3. The summed E-state index contributed by atoms with van der Waals surface area (Å²) in [4.78, 5) is 0. The maximum absolute atomic E-state index is 9.12. The first-order valence-electron chi connectivity index (χ1n) is 3.98. The Balaban J connectivity index is 4.33. The Morgan fingerprint density at radius 3 is 1.50 bits per heavy atom. The third-order valence-electron chi connectivity index (χ3n) is 2.94. The van der Waals surface area contributed by atoms with E-state index in [1.165, 1.54) is 0 Å². The summed E-state index contributed by atoms with van der Waals surface area (Å²) in [6.45, 7) is 11.1. The van der Waals surface area contributed by atoms with E-state index in [-0.39, 0.29) is 17.4 Å². The van der Waals surface area contributed by atoms with Crippen molar-refractivity contribution < 1.29 is 5.11 Å². The normalized spacial score (nSPS) is 18.6. The van der Waals surface area contributed by atoms with Crippen molar-refractivity contribution in [1.82, 2.24) is 0 Å². The van der Waals surface area contributed by atoms with Crippen molar-refractivity contribution >= 4 is 0 Å². The molecule has 0 spiro atoms. The second-order valence-electron chi connectivity index (χ2n) is 4.32. The molecule has 0 aliphatic heterocycles. The highest BCUT2D eigenvalue weighted by molar-refractivity contribution is 4.84.